The van der Waals surface area contributed by atoms with Gasteiger partial charge in [0.25, 0.3) is 11.5 Å². The average Bonchev–Trinajstić information content (AvgIpc) is 3.36. The molecule has 0 fully saturated rings. The largest absolute Gasteiger partial charge is 0.465 e. The fraction of sp³-hybridized carbons (Fsp3) is 0.250. The van der Waals surface area contributed by atoms with Gasteiger partial charge >= 0.3 is 11.9 Å². The summed E-state index contributed by atoms with van der Waals surface area (Å²) in [5, 5.41) is 0. The lowest BCUT2D eigenvalue weighted by molar-refractivity contribution is -0.142. The molecule has 2 aromatic carbocycles. The topological polar surface area (TPSA) is 107 Å². The maximum Gasteiger partial charge on any atom is 0.338 e. The Morgan fingerprint density at radius 3 is 2.41 bits per heavy atom. The van der Waals surface area contributed by atoms with Crippen molar-refractivity contribution in [3.05, 3.63) is 96.4 Å². The highest BCUT2D eigenvalue weighted by Gasteiger charge is 2.38. The highest BCUT2D eigenvalue weighted by atomic mass is 32.1. The van der Waals surface area contributed by atoms with Gasteiger partial charge in [0.1, 0.15) is 16.9 Å². The Morgan fingerprint density at radius 1 is 1.03 bits per heavy atom. The van der Waals surface area contributed by atoms with Gasteiger partial charge in [0.05, 0.1) is 41.8 Å². The van der Waals surface area contributed by atoms with E-state index in [0.717, 1.165) is 11.3 Å². The van der Waals surface area contributed by atoms with Gasteiger partial charge in [-0.25, -0.2) is 14.2 Å². The summed E-state index contributed by atoms with van der Waals surface area (Å²) >= 11 is 1.01. The van der Waals surface area contributed by atoms with Gasteiger partial charge in [0.2, 0.25) is 0 Å². The molecule has 3 aromatic rings. The predicted octanol–water partition coefficient (Wildman–Crippen LogP) is 2.22. The van der Waals surface area contributed by atoms with E-state index in [-0.39, 0.29) is 40.2 Å². The molecule has 1 atom stereocenters. The molecule has 0 unspecified atom stereocenters. The van der Waals surface area contributed by atoms with Crippen molar-refractivity contribution in [1.82, 2.24) is 4.57 Å². The van der Waals surface area contributed by atoms with Crippen LogP contribution in [0.4, 0.5) is 10.1 Å². The first kappa shape index (κ1) is 26.2. The number of ether oxygens (including phenoxy) is 2. The Kier molecular flexibility index (Phi) is 7.00. The van der Waals surface area contributed by atoms with Crippen molar-refractivity contribution in [1.29, 1.82) is 0 Å². The number of allylic oxidation sites excluding steroid dienone is 1. The number of benzene rings is 2. The van der Waals surface area contributed by atoms with E-state index in [9.17, 15) is 23.6 Å². The number of carbonyl (C=O) groups excluding carboxylic acids is 3. The molecule has 0 radical (unpaired) electrons. The number of para-hydroxylation sites is 1. The van der Waals surface area contributed by atoms with Crippen LogP contribution in [0.5, 0.6) is 0 Å². The van der Waals surface area contributed by atoms with Crippen LogP contribution in [0, 0.1) is 5.82 Å². The minimum absolute atomic E-state index is 0.113. The number of thiazole rings is 1. The second-order valence-corrected chi connectivity index (χ2v) is 9.74. The van der Waals surface area contributed by atoms with Crippen LogP contribution in [0.25, 0.3) is 5.57 Å². The minimum Gasteiger partial charge on any atom is -0.465 e. The smallest absolute Gasteiger partial charge is 0.338 e. The van der Waals surface area contributed by atoms with Crippen molar-refractivity contribution in [3.63, 3.8) is 0 Å². The standard InChI is InChI=1S/C28H24FN3O6S/c1-4-37-20(33)14-31-19-9-7-6-8-18(19)22(25(31)34)24-26(35)32-23(16-10-12-17(29)13-11-16)21(27(36)38-5-2)15(3)30-28(32)39-24/h6-13,23H,4-5,14H2,1-3H3/b24-22+/t23-/m0/s1. The van der Waals surface area contributed by atoms with Crippen molar-refractivity contribution in [2.45, 2.75) is 26.8 Å². The van der Waals surface area contributed by atoms with Crippen LogP contribution in [0.3, 0.4) is 0 Å². The van der Waals surface area contributed by atoms with Crippen LogP contribution in [-0.2, 0) is 23.9 Å². The molecule has 2 aliphatic rings. The van der Waals surface area contributed by atoms with Gasteiger partial charge in [0.15, 0.2) is 4.80 Å². The summed E-state index contributed by atoms with van der Waals surface area (Å²) in [6.45, 7) is 4.95. The summed E-state index contributed by atoms with van der Waals surface area (Å²) in [5.41, 5.74) is 1.55. The van der Waals surface area contributed by atoms with E-state index < -0.39 is 35.3 Å². The Labute approximate surface area is 226 Å². The number of fused-ring (bicyclic) bond motifs is 2. The molecular weight excluding hydrogens is 525 g/mol. The van der Waals surface area contributed by atoms with E-state index >= 15 is 0 Å². The first-order chi connectivity index (χ1) is 18.8. The van der Waals surface area contributed by atoms with E-state index in [1.54, 1.807) is 45.0 Å². The zero-order chi connectivity index (χ0) is 27.8. The zero-order valence-corrected chi connectivity index (χ0v) is 22.2. The summed E-state index contributed by atoms with van der Waals surface area (Å²) in [6.07, 6.45) is 0. The molecule has 5 rings (SSSR count). The summed E-state index contributed by atoms with van der Waals surface area (Å²) in [6, 6.07) is 11.4. The molecule has 200 valence electrons. The third kappa shape index (κ3) is 4.48. The number of hydrogen-bond acceptors (Lipinski definition) is 8. The molecule has 0 spiro atoms. The minimum atomic E-state index is -0.947. The average molecular weight is 550 g/mol. The van der Waals surface area contributed by atoms with Gasteiger partial charge in [-0.05, 0) is 44.5 Å². The maximum atomic E-state index is 14.1. The molecule has 1 amide bonds. The van der Waals surface area contributed by atoms with E-state index in [2.05, 4.69) is 4.99 Å². The number of halogens is 1. The van der Waals surface area contributed by atoms with Gasteiger partial charge in [-0.15, -0.1) is 0 Å². The summed E-state index contributed by atoms with van der Waals surface area (Å²) < 4.78 is 25.5. The number of amides is 1. The van der Waals surface area contributed by atoms with Crippen LogP contribution in [-0.4, -0.2) is 42.2 Å². The zero-order valence-electron chi connectivity index (χ0n) is 21.4. The van der Waals surface area contributed by atoms with Crippen molar-refractivity contribution in [2.75, 3.05) is 24.7 Å². The van der Waals surface area contributed by atoms with Gasteiger partial charge < -0.3 is 9.47 Å². The predicted molar refractivity (Wildman–Crippen MR) is 141 cm³/mol. The molecule has 2 aliphatic heterocycles. The van der Waals surface area contributed by atoms with Gasteiger partial charge in [-0.2, -0.15) is 0 Å². The Bertz CT molecular complexity index is 1720. The molecule has 9 nitrogen and oxygen atoms in total. The number of hydrogen-bond donors (Lipinski definition) is 0. The molecule has 0 aliphatic carbocycles. The van der Waals surface area contributed by atoms with E-state index in [1.807, 2.05) is 0 Å². The third-order valence-corrected chi connectivity index (χ3v) is 7.47. The van der Waals surface area contributed by atoms with Crippen LogP contribution >= 0.6 is 11.3 Å². The number of nitrogens with zero attached hydrogens (tertiary/aromatic N) is 3. The monoisotopic (exact) mass is 549 g/mol. The lowest BCUT2D eigenvalue weighted by Crippen LogP contribution is -2.41. The van der Waals surface area contributed by atoms with Gasteiger partial charge in [0, 0.05) is 5.56 Å². The normalized spacial score (nSPS) is 17.5. The van der Waals surface area contributed by atoms with E-state index in [4.69, 9.17) is 9.47 Å². The summed E-state index contributed by atoms with van der Waals surface area (Å²) in [7, 11) is 0. The van der Waals surface area contributed by atoms with Crippen LogP contribution < -0.4 is 19.8 Å². The summed E-state index contributed by atoms with van der Waals surface area (Å²) in [4.78, 5) is 59.1. The number of rotatable bonds is 6. The van der Waals surface area contributed by atoms with E-state index in [0.29, 0.717) is 22.5 Å². The van der Waals surface area contributed by atoms with E-state index in [1.165, 1.54) is 33.7 Å². The fourth-order valence-corrected chi connectivity index (χ4v) is 5.93. The first-order valence-corrected chi connectivity index (χ1v) is 13.1. The second-order valence-electron chi connectivity index (χ2n) is 8.76. The summed E-state index contributed by atoms with van der Waals surface area (Å²) in [5.74, 6) is -2.21. The Balaban J connectivity index is 1.75. The number of esters is 2. The highest BCUT2D eigenvalue weighted by molar-refractivity contribution is 7.07. The van der Waals surface area contributed by atoms with Gasteiger partial charge in [-0.1, -0.05) is 41.7 Å². The van der Waals surface area contributed by atoms with Gasteiger partial charge in [-0.3, -0.25) is 23.9 Å². The number of aromatic nitrogens is 1. The number of anilines is 1. The van der Waals surface area contributed by atoms with Crippen LogP contribution in [0.1, 0.15) is 37.9 Å². The number of carbonyl (C=O) groups is 3. The van der Waals surface area contributed by atoms with Crippen molar-refractivity contribution in [2.24, 2.45) is 4.99 Å². The molecule has 0 bridgehead atoms. The fourth-order valence-electron chi connectivity index (χ4n) is 4.79. The molecular formula is C28H24FN3O6S. The Morgan fingerprint density at radius 2 is 1.72 bits per heavy atom. The highest BCUT2D eigenvalue weighted by Crippen LogP contribution is 2.35. The quantitative estimate of drug-likeness (QED) is 0.437. The lowest BCUT2D eigenvalue weighted by atomic mass is 9.96. The van der Waals surface area contributed by atoms with Crippen LogP contribution in [0.15, 0.2) is 69.6 Å². The third-order valence-electron chi connectivity index (χ3n) is 6.42. The lowest BCUT2D eigenvalue weighted by Gasteiger charge is -2.24. The second kappa shape index (κ2) is 10.4. The molecule has 39 heavy (non-hydrogen) atoms. The molecule has 0 N–H and O–H groups in total. The van der Waals surface area contributed by atoms with Crippen molar-refractivity contribution < 1.29 is 28.2 Å². The van der Waals surface area contributed by atoms with Crippen molar-refractivity contribution in [3.8, 4) is 0 Å². The SMILES string of the molecule is CCOC(=O)CN1C(=O)/C(=c2/sc3n(c2=O)[C@@H](c2ccc(F)cc2)C(C(=O)OCC)=C(C)N=3)c2ccccc21. The molecule has 3 heterocycles. The Hall–Kier alpha value is -4.38. The molecule has 0 saturated carbocycles. The molecule has 1 aromatic heterocycles. The van der Waals surface area contributed by atoms with Crippen LogP contribution in [0.2, 0.25) is 0 Å². The van der Waals surface area contributed by atoms with Crippen molar-refractivity contribution >= 4 is 40.4 Å². The molecule has 11 heteroatoms. The molecule has 0 saturated heterocycles. The first-order valence-electron chi connectivity index (χ1n) is 12.3. The maximum absolute atomic E-state index is 14.1.